The molecule has 1 atom stereocenters. The largest absolute Gasteiger partial charge is 0.322 e. The smallest absolute Gasteiger partial charge is 0.0994 e. The van der Waals surface area contributed by atoms with E-state index in [0.717, 1.165) is 22.0 Å². The van der Waals surface area contributed by atoms with Crippen molar-refractivity contribution in [1.82, 2.24) is 9.55 Å². The highest BCUT2D eigenvalue weighted by atomic mass is 35.5. The number of hydrogen-bond donors (Lipinski definition) is 1. The molecule has 2 rings (SSSR count). The number of hydrogen-bond acceptors (Lipinski definition) is 2. The van der Waals surface area contributed by atoms with E-state index in [9.17, 15) is 0 Å². The van der Waals surface area contributed by atoms with E-state index < -0.39 is 0 Å². The van der Waals surface area contributed by atoms with Gasteiger partial charge in [0.1, 0.15) is 0 Å². The first kappa shape index (κ1) is 13.1. The van der Waals surface area contributed by atoms with E-state index in [1.54, 1.807) is 6.33 Å². The van der Waals surface area contributed by atoms with Gasteiger partial charge in [-0.1, -0.05) is 31.5 Å². The molecule has 0 saturated carbocycles. The Kier molecular flexibility index (Phi) is 3.73. The van der Waals surface area contributed by atoms with Crippen LogP contribution in [0, 0.1) is 12.8 Å². The molecule has 4 heteroatoms. The summed E-state index contributed by atoms with van der Waals surface area (Å²) in [6, 6.07) is 5.93. The Morgan fingerprint density at radius 3 is 2.67 bits per heavy atom. The number of aryl methyl sites for hydroxylation is 1. The van der Waals surface area contributed by atoms with Crippen LogP contribution >= 0.6 is 11.6 Å². The molecule has 0 aliphatic carbocycles. The van der Waals surface area contributed by atoms with Crippen molar-refractivity contribution in [3.8, 4) is 5.69 Å². The highest BCUT2D eigenvalue weighted by molar-refractivity contribution is 6.31. The zero-order valence-electron chi connectivity index (χ0n) is 10.9. The molecule has 0 saturated heterocycles. The molecule has 1 unspecified atom stereocenters. The molecule has 0 fully saturated rings. The lowest BCUT2D eigenvalue weighted by atomic mass is 10.0. The second-order valence-corrected chi connectivity index (χ2v) is 5.30. The molecule has 3 nitrogen and oxygen atoms in total. The number of benzene rings is 1. The van der Waals surface area contributed by atoms with Crippen molar-refractivity contribution in [2.24, 2.45) is 11.7 Å². The van der Waals surface area contributed by atoms with Crippen molar-refractivity contribution in [2.45, 2.75) is 26.8 Å². The van der Waals surface area contributed by atoms with Crippen molar-refractivity contribution in [3.63, 3.8) is 0 Å². The number of nitrogens with zero attached hydrogens (tertiary/aromatic N) is 2. The normalized spacial score (nSPS) is 13.0. The summed E-state index contributed by atoms with van der Waals surface area (Å²) < 4.78 is 2.00. The third kappa shape index (κ3) is 2.42. The lowest BCUT2D eigenvalue weighted by molar-refractivity contribution is 0.497. The number of imidazole rings is 1. The van der Waals surface area contributed by atoms with Gasteiger partial charge in [-0.05, 0) is 30.5 Å². The fraction of sp³-hybridized carbons (Fsp3) is 0.357. The van der Waals surface area contributed by atoms with Crippen molar-refractivity contribution in [2.75, 3.05) is 0 Å². The van der Waals surface area contributed by atoms with Crippen molar-refractivity contribution < 1.29 is 0 Å². The van der Waals surface area contributed by atoms with Crippen LogP contribution in [-0.4, -0.2) is 9.55 Å². The summed E-state index contributed by atoms with van der Waals surface area (Å²) in [5.41, 5.74) is 9.26. The SMILES string of the molecule is Cc1ccc(-n2cncc2C(N)C(C)C)cc1Cl. The van der Waals surface area contributed by atoms with Crippen molar-refractivity contribution in [3.05, 3.63) is 47.0 Å². The number of rotatable bonds is 3. The second kappa shape index (κ2) is 5.12. The van der Waals surface area contributed by atoms with Gasteiger partial charge < -0.3 is 10.3 Å². The first-order chi connectivity index (χ1) is 8.50. The van der Waals surface area contributed by atoms with Crippen LogP contribution in [0.1, 0.15) is 31.1 Å². The highest BCUT2D eigenvalue weighted by Crippen LogP contribution is 2.24. The van der Waals surface area contributed by atoms with Gasteiger partial charge in [0.15, 0.2) is 0 Å². The number of aromatic nitrogens is 2. The minimum atomic E-state index is -0.0346. The van der Waals surface area contributed by atoms with Gasteiger partial charge in [0.25, 0.3) is 0 Å². The topological polar surface area (TPSA) is 43.8 Å². The highest BCUT2D eigenvalue weighted by Gasteiger charge is 2.16. The molecule has 96 valence electrons. The van der Waals surface area contributed by atoms with E-state index in [1.165, 1.54) is 0 Å². The van der Waals surface area contributed by atoms with Crippen molar-refractivity contribution in [1.29, 1.82) is 0 Å². The van der Waals surface area contributed by atoms with Gasteiger partial charge in [0.05, 0.1) is 18.2 Å². The second-order valence-electron chi connectivity index (χ2n) is 4.89. The first-order valence-electron chi connectivity index (χ1n) is 6.05. The van der Waals surface area contributed by atoms with Gasteiger partial charge in [-0.25, -0.2) is 4.98 Å². The van der Waals surface area contributed by atoms with Crippen LogP contribution in [0.25, 0.3) is 5.69 Å². The van der Waals surface area contributed by atoms with Gasteiger partial charge >= 0.3 is 0 Å². The number of halogens is 1. The summed E-state index contributed by atoms with van der Waals surface area (Å²) in [6.45, 7) is 6.19. The Bertz CT molecular complexity index is 546. The fourth-order valence-corrected chi connectivity index (χ4v) is 2.02. The number of nitrogens with two attached hydrogens (primary N) is 1. The van der Waals surface area contributed by atoms with Crippen LogP contribution in [0.5, 0.6) is 0 Å². The van der Waals surface area contributed by atoms with E-state index in [0.29, 0.717) is 5.92 Å². The van der Waals surface area contributed by atoms with Crippen LogP contribution in [0.15, 0.2) is 30.7 Å². The van der Waals surface area contributed by atoms with Gasteiger partial charge in [0, 0.05) is 16.8 Å². The zero-order valence-corrected chi connectivity index (χ0v) is 11.6. The minimum absolute atomic E-state index is 0.0346. The molecule has 1 aromatic heterocycles. The van der Waals surface area contributed by atoms with E-state index in [1.807, 2.05) is 35.9 Å². The predicted molar refractivity (Wildman–Crippen MR) is 75.1 cm³/mol. The molecule has 18 heavy (non-hydrogen) atoms. The maximum Gasteiger partial charge on any atom is 0.0994 e. The molecule has 1 aromatic carbocycles. The Balaban J connectivity index is 2.45. The van der Waals surface area contributed by atoms with E-state index >= 15 is 0 Å². The summed E-state index contributed by atoms with van der Waals surface area (Å²) in [5, 5.41) is 0.755. The lowest BCUT2D eigenvalue weighted by Crippen LogP contribution is -2.19. The van der Waals surface area contributed by atoms with Crippen LogP contribution in [-0.2, 0) is 0 Å². The van der Waals surface area contributed by atoms with Gasteiger partial charge in [-0.3, -0.25) is 0 Å². The van der Waals surface area contributed by atoms with Crippen LogP contribution in [0.2, 0.25) is 5.02 Å². The van der Waals surface area contributed by atoms with Crippen molar-refractivity contribution >= 4 is 11.6 Å². The molecule has 0 aliphatic heterocycles. The Morgan fingerprint density at radius 2 is 2.06 bits per heavy atom. The predicted octanol–water partition coefficient (Wildman–Crippen LogP) is 3.49. The third-order valence-corrected chi connectivity index (χ3v) is 3.57. The monoisotopic (exact) mass is 263 g/mol. The molecule has 2 aromatic rings. The average Bonchev–Trinajstić information content (AvgIpc) is 2.80. The van der Waals surface area contributed by atoms with Crippen LogP contribution in [0.4, 0.5) is 0 Å². The summed E-state index contributed by atoms with van der Waals surface area (Å²) >= 11 is 6.16. The van der Waals surface area contributed by atoms with Crippen LogP contribution in [0.3, 0.4) is 0 Å². The van der Waals surface area contributed by atoms with Gasteiger partial charge in [0.2, 0.25) is 0 Å². The Labute approximate surface area is 113 Å². The van der Waals surface area contributed by atoms with E-state index in [-0.39, 0.29) is 6.04 Å². The molecule has 2 N–H and O–H groups in total. The maximum atomic E-state index is 6.19. The fourth-order valence-electron chi connectivity index (χ4n) is 1.84. The minimum Gasteiger partial charge on any atom is -0.322 e. The lowest BCUT2D eigenvalue weighted by Gasteiger charge is -2.18. The Morgan fingerprint density at radius 1 is 1.33 bits per heavy atom. The summed E-state index contributed by atoms with van der Waals surface area (Å²) in [4.78, 5) is 4.19. The standard InChI is InChI=1S/C14H18ClN3/c1-9(2)14(16)13-7-17-8-18(13)11-5-4-10(3)12(15)6-11/h4-9,14H,16H2,1-3H3. The first-order valence-corrected chi connectivity index (χ1v) is 6.43. The van der Waals surface area contributed by atoms with Gasteiger partial charge in [-0.2, -0.15) is 0 Å². The zero-order chi connectivity index (χ0) is 13.3. The molecule has 0 aliphatic rings. The van der Waals surface area contributed by atoms with E-state index in [4.69, 9.17) is 17.3 Å². The average molecular weight is 264 g/mol. The van der Waals surface area contributed by atoms with E-state index in [2.05, 4.69) is 18.8 Å². The molecular weight excluding hydrogens is 246 g/mol. The van der Waals surface area contributed by atoms with Crippen LogP contribution < -0.4 is 5.73 Å². The molecular formula is C14H18ClN3. The molecule has 0 radical (unpaired) electrons. The Hall–Kier alpha value is -1.32. The third-order valence-electron chi connectivity index (χ3n) is 3.16. The van der Waals surface area contributed by atoms with Gasteiger partial charge in [-0.15, -0.1) is 0 Å². The molecule has 0 spiro atoms. The quantitative estimate of drug-likeness (QED) is 0.921. The summed E-state index contributed by atoms with van der Waals surface area (Å²) in [7, 11) is 0. The molecule has 1 heterocycles. The maximum absolute atomic E-state index is 6.19. The molecule has 0 amide bonds. The summed E-state index contributed by atoms with van der Waals surface area (Å²) in [6.07, 6.45) is 3.59. The molecule has 0 bridgehead atoms. The summed E-state index contributed by atoms with van der Waals surface area (Å²) in [5.74, 6) is 0.362.